The number of nitrogens with one attached hydrogen (secondary N) is 1. The predicted molar refractivity (Wildman–Crippen MR) is 105 cm³/mol. The minimum absolute atomic E-state index is 0.177. The summed E-state index contributed by atoms with van der Waals surface area (Å²) in [5.41, 5.74) is 5.39. The van der Waals surface area contributed by atoms with Gasteiger partial charge in [0.05, 0.1) is 29.6 Å². The van der Waals surface area contributed by atoms with Gasteiger partial charge in [-0.1, -0.05) is 23.9 Å². The molecule has 1 N–H and O–H groups in total. The summed E-state index contributed by atoms with van der Waals surface area (Å²) in [7, 11) is 1.94. The molecule has 26 heavy (non-hydrogen) atoms. The lowest BCUT2D eigenvalue weighted by atomic mass is 10.2. The van der Waals surface area contributed by atoms with E-state index in [4.69, 9.17) is 4.74 Å². The summed E-state index contributed by atoms with van der Waals surface area (Å²) in [5.74, 6) is 0.884. The molecule has 0 fully saturated rings. The van der Waals surface area contributed by atoms with Crippen LogP contribution < -0.4 is 10.2 Å². The largest absolute Gasteiger partial charge is 0.494 e. The second-order valence-electron chi connectivity index (χ2n) is 5.53. The zero-order chi connectivity index (χ0) is 18.4. The van der Waals surface area contributed by atoms with Crippen molar-refractivity contribution >= 4 is 34.9 Å². The number of fused-ring (bicyclic) bond motifs is 1. The Morgan fingerprint density at radius 2 is 2.04 bits per heavy atom. The molecule has 134 valence electrons. The van der Waals surface area contributed by atoms with Gasteiger partial charge in [0, 0.05) is 7.05 Å². The van der Waals surface area contributed by atoms with Gasteiger partial charge in [-0.25, -0.2) is 10.4 Å². The van der Waals surface area contributed by atoms with E-state index in [1.165, 1.54) is 11.8 Å². The Kier molecular flexibility index (Phi) is 5.91. The second kappa shape index (κ2) is 8.53. The monoisotopic (exact) mass is 368 g/mol. The third kappa shape index (κ3) is 4.43. The highest BCUT2D eigenvalue weighted by molar-refractivity contribution is 7.99. The first-order chi connectivity index (χ1) is 12.7. The molecule has 6 nitrogen and oxygen atoms in total. The molecular weight excluding hydrogens is 348 g/mol. The fourth-order valence-corrected chi connectivity index (χ4v) is 3.19. The number of benzene rings is 2. The highest BCUT2D eigenvalue weighted by Gasteiger charge is 2.09. The summed E-state index contributed by atoms with van der Waals surface area (Å²) < 4.78 is 7.37. The van der Waals surface area contributed by atoms with Gasteiger partial charge in [0.25, 0.3) is 5.91 Å². The summed E-state index contributed by atoms with van der Waals surface area (Å²) in [6.45, 7) is 2.57. The zero-order valence-corrected chi connectivity index (χ0v) is 15.5. The molecule has 7 heteroatoms. The average molecular weight is 368 g/mol. The number of hydrogen-bond acceptors (Lipinski definition) is 5. The predicted octanol–water partition coefficient (Wildman–Crippen LogP) is 3.21. The third-order valence-corrected chi connectivity index (χ3v) is 4.70. The number of hydrazone groups is 1. The number of nitrogens with zero attached hydrogens (tertiary/aromatic N) is 3. The van der Waals surface area contributed by atoms with Crippen LogP contribution in [0.1, 0.15) is 12.5 Å². The molecule has 3 aromatic rings. The Morgan fingerprint density at radius 3 is 2.77 bits per heavy atom. The number of aromatic nitrogens is 2. The van der Waals surface area contributed by atoms with Crippen LogP contribution >= 0.6 is 11.8 Å². The molecule has 0 aliphatic heterocycles. The molecular formula is C19H20N4O2S. The van der Waals surface area contributed by atoms with Crippen LogP contribution in [0.15, 0.2) is 58.8 Å². The van der Waals surface area contributed by atoms with Crippen molar-refractivity contribution in [2.45, 2.75) is 12.1 Å². The number of hydrogen-bond donors (Lipinski definition) is 1. The lowest BCUT2D eigenvalue weighted by Gasteiger charge is -2.03. The van der Waals surface area contributed by atoms with Gasteiger partial charge in [0.1, 0.15) is 5.75 Å². The summed E-state index contributed by atoms with van der Waals surface area (Å²) in [6.07, 6.45) is 1.60. The lowest BCUT2D eigenvalue weighted by Crippen LogP contribution is -2.19. The molecule has 0 aliphatic carbocycles. The van der Waals surface area contributed by atoms with Crippen molar-refractivity contribution in [1.29, 1.82) is 0 Å². The number of imidazole rings is 1. The van der Waals surface area contributed by atoms with Gasteiger partial charge in [-0.15, -0.1) is 0 Å². The fourth-order valence-electron chi connectivity index (χ4n) is 2.41. The third-order valence-electron chi connectivity index (χ3n) is 3.67. The Hall–Kier alpha value is -2.80. The first-order valence-corrected chi connectivity index (χ1v) is 9.25. The van der Waals surface area contributed by atoms with E-state index < -0.39 is 0 Å². The molecule has 1 aromatic heterocycles. The van der Waals surface area contributed by atoms with Crippen LogP contribution in [0, 0.1) is 0 Å². The van der Waals surface area contributed by atoms with Crippen LogP contribution in [0.5, 0.6) is 5.75 Å². The van der Waals surface area contributed by atoms with Crippen molar-refractivity contribution in [3.8, 4) is 5.75 Å². The molecule has 0 radical (unpaired) electrons. The van der Waals surface area contributed by atoms with Crippen molar-refractivity contribution in [2.75, 3.05) is 12.4 Å². The molecule has 1 heterocycles. The summed E-state index contributed by atoms with van der Waals surface area (Å²) in [5, 5.41) is 4.79. The Bertz CT molecular complexity index is 919. The Morgan fingerprint density at radius 1 is 1.27 bits per heavy atom. The van der Waals surface area contributed by atoms with Crippen LogP contribution in [0.4, 0.5) is 0 Å². The highest BCUT2D eigenvalue weighted by Crippen LogP contribution is 2.22. The number of para-hydroxylation sites is 2. The van der Waals surface area contributed by atoms with E-state index in [0.717, 1.165) is 27.5 Å². The standard InChI is InChI=1S/C19H20N4O2S/c1-3-25-15-10-8-14(9-11-15)12-20-22-18(24)13-26-19-21-16-6-4-5-7-17(16)23(19)2/h4-12H,3,13H2,1-2H3,(H,22,24)/b20-12+. The normalized spacial score (nSPS) is 11.2. The van der Waals surface area contributed by atoms with Crippen LogP contribution in [-0.2, 0) is 11.8 Å². The fraction of sp³-hybridized carbons (Fsp3) is 0.211. The van der Waals surface area contributed by atoms with Gasteiger partial charge in [0.15, 0.2) is 5.16 Å². The maximum Gasteiger partial charge on any atom is 0.250 e. The molecule has 2 aromatic carbocycles. The molecule has 1 amide bonds. The molecule has 0 saturated carbocycles. The van der Waals surface area contributed by atoms with Crippen molar-refractivity contribution in [3.63, 3.8) is 0 Å². The van der Waals surface area contributed by atoms with Crippen LogP contribution in [0.2, 0.25) is 0 Å². The van der Waals surface area contributed by atoms with E-state index in [2.05, 4.69) is 15.5 Å². The van der Waals surface area contributed by atoms with Crippen LogP contribution in [-0.4, -0.2) is 34.0 Å². The first-order valence-electron chi connectivity index (χ1n) is 8.26. The topological polar surface area (TPSA) is 68.5 Å². The molecule has 0 spiro atoms. The van der Waals surface area contributed by atoms with Crippen molar-refractivity contribution in [2.24, 2.45) is 12.1 Å². The minimum Gasteiger partial charge on any atom is -0.494 e. The number of ether oxygens (including phenoxy) is 1. The van der Waals surface area contributed by atoms with Crippen LogP contribution in [0.3, 0.4) is 0 Å². The van der Waals surface area contributed by atoms with Gasteiger partial charge < -0.3 is 9.30 Å². The molecule has 0 aliphatic rings. The molecule has 0 atom stereocenters. The van der Waals surface area contributed by atoms with E-state index in [0.29, 0.717) is 6.61 Å². The number of rotatable bonds is 7. The SMILES string of the molecule is CCOc1ccc(/C=N/NC(=O)CSc2nc3ccccc3n2C)cc1. The second-order valence-corrected chi connectivity index (χ2v) is 6.47. The van der Waals surface area contributed by atoms with E-state index in [1.807, 2.05) is 67.1 Å². The number of carbonyl (C=O) groups excluding carboxylic acids is 1. The molecule has 3 rings (SSSR count). The van der Waals surface area contributed by atoms with E-state index >= 15 is 0 Å². The van der Waals surface area contributed by atoms with Gasteiger partial charge >= 0.3 is 0 Å². The molecule has 0 bridgehead atoms. The number of carbonyl (C=O) groups is 1. The van der Waals surface area contributed by atoms with Crippen molar-refractivity contribution in [3.05, 3.63) is 54.1 Å². The summed E-state index contributed by atoms with van der Waals surface area (Å²) in [6, 6.07) is 15.4. The number of aryl methyl sites for hydroxylation is 1. The quantitative estimate of drug-likeness (QED) is 0.395. The molecule has 0 saturated heterocycles. The maximum atomic E-state index is 12.0. The van der Waals surface area contributed by atoms with E-state index in [1.54, 1.807) is 6.21 Å². The minimum atomic E-state index is -0.177. The Labute approximate surface area is 156 Å². The average Bonchev–Trinajstić information content (AvgIpc) is 2.98. The first kappa shape index (κ1) is 18.0. The number of amides is 1. The maximum absolute atomic E-state index is 12.0. The zero-order valence-electron chi connectivity index (χ0n) is 14.7. The van der Waals surface area contributed by atoms with Crippen molar-refractivity contribution < 1.29 is 9.53 Å². The lowest BCUT2D eigenvalue weighted by molar-refractivity contribution is -0.118. The van der Waals surface area contributed by atoms with E-state index in [9.17, 15) is 4.79 Å². The highest BCUT2D eigenvalue weighted by atomic mass is 32.2. The van der Waals surface area contributed by atoms with Gasteiger partial charge in [0.2, 0.25) is 0 Å². The van der Waals surface area contributed by atoms with Gasteiger partial charge in [-0.05, 0) is 48.9 Å². The van der Waals surface area contributed by atoms with Crippen molar-refractivity contribution in [1.82, 2.24) is 15.0 Å². The summed E-state index contributed by atoms with van der Waals surface area (Å²) in [4.78, 5) is 16.5. The molecule has 0 unspecified atom stereocenters. The Balaban J connectivity index is 1.51. The van der Waals surface area contributed by atoms with Crippen LogP contribution in [0.25, 0.3) is 11.0 Å². The van der Waals surface area contributed by atoms with E-state index in [-0.39, 0.29) is 11.7 Å². The van der Waals surface area contributed by atoms with Gasteiger partial charge in [-0.3, -0.25) is 4.79 Å². The van der Waals surface area contributed by atoms with Gasteiger partial charge in [-0.2, -0.15) is 5.10 Å². The summed E-state index contributed by atoms with van der Waals surface area (Å²) >= 11 is 1.38. The smallest absolute Gasteiger partial charge is 0.250 e. The number of thioether (sulfide) groups is 1.